The minimum absolute atomic E-state index is 0.879. The van der Waals surface area contributed by atoms with Gasteiger partial charge in [-0.15, -0.1) is 0 Å². The number of aromatic amines is 1. The van der Waals surface area contributed by atoms with Gasteiger partial charge in [0, 0.05) is 17.4 Å². The standard InChI is InChI=1S/C13H14N2O/c1-8-13-9(6-7-14-8)12-10(15-13)4-3-5-11(12)16-2/h3-5,15H,6-7H2,1-2H3. The molecule has 1 aromatic heterocycles. The molecule has 1 aromatic carbocycles. The molecule has 2 aromatic rings. The minimum Gasteiger partial charge on any atom is -0.496 e. The van der Waals surface area contributed by atoms with E-state index in [2.05, 4.69) is 23.0 Å². The fraction of sp³-hybridized carbons (Fsp3) is 0.308. The van der Waals surface area contributed by atoms with E-state index in [9.17, 15) is 0 Å². The predicted molar refractivity (Wildman–Crippen MR) is 65.6 cm³/mol. The molecule has 1 N–H and O–H groups in total. The Kier molecular flexibility index (Phi) is 1.99. The number of fused-ring (bicyclic) bond motifs is 3. The summed E-state index contributed by atoms with van der Waals surface area (Å²) in [7, 11) is 1.72. The summed E-state index contributed by atoms with van der Waals surface area (Å²) in [6, 6.07) is 6.11. The molecule has 0 radical (unpaired) electrons. The summed E-state index contributed by atoms with van der Waals surface area (Å²) < 4.78 is 5.43. The van der Waals surface area contributed by atoms with Crippen molar-refractivity contribution in [3.05, 3.63) is 29.5 Å². The van der Waals surface area contributed by atoms with Gasteiger partial charge in [0.25, 0.3) is 0 Å². The molecule has 0 aliphatic carbocycles. The van der Waals surface area contributed by atoms with Gasteiger partial charge in [-0.1, -0.05) is 6.07 Å². The fourth-order valence-electron chi connectivity index (χ4n) is 2.43. The highest BCUT2D eigenvalue weighted by Gasteiger charge is 2.18. The first-order valence-corrected chi connectivity index (χ1v) is 5.50. The van der Waals surface area contributed by atoms with Crippen molar-refractivity contribution in [2.45, 2.75) is 13.3 Å². The molecule has 0 atom stereocenters. The summed E-state index contributed by atoms with van der Waals surface area (Å²) in [5.41, 5.74) is 4.76. The van der Waals surface area contributed by atoms with Gasteiger partial charge >= 0.3 is 0 Å². The number of benzene rings is 1. The Morgan fingerprint density at radius 2 is 2.25 bits per heavy atom. The molecule has 0 bridgehead atoms. The zero-order valence-electron chi connectivity index (χ0n) is 9.50. The van der Waals surface area contributed by atoms with Crippen LogP contribution in [-0.2, 0) is 6.42 Å². The van der Waals surface area contributed by atoms with Gasteiger partial charge in [0.1, 0.15) is 5.75 Å². The topological polar surface area (TPSA) is 37.4 Å². The number of aromatic nitrogens is 1. The van der Waals surface area contributed by atoms with Crippen molar-refractivity contribution in [3.8, 4) is 5.75 Å². The van der Waals surface area contributed by atoms with Crippen molar-refractivity contribution in [1.82, 2.24) is 4.98 Å². The number of aliphatic imine (C=N–C) groups is 1. The third-order valence-electron chi connectivity index (χ3n) is 3.18. The summed E-state index contributed by atoms with van der Waals surface area (Å²) in [5, 5.41) is 1.22. The number of nitrogens with zero attached hydrogens (tertiary/aromatic N) is 1. The average Bonchev–Trinajstić information content (AvgIpc) is 2.69. The summed E-state index contributed by atoms with van der Waals surface area (Å²) >= 11 is 0. The van der Waals surface area contributed by atoms with E-state index in [1.54, 1.807) is 7.11 Å². The van der Waals surface area contributed by atoms with E-state index in [1.165, 1.54) is 16.6 Å². The van der Waals surface area contributed by atoms with Crippen LogP contribution in [0.5, 0.6) is 5.75 Å². The maximum atomic E-state index is 5.43. The van der Waals surface area contributed by atoms with Crippen LogP contribution in [0.15, 0.2) is 23.2 Å². The van der Waals surface area contributed by atoms with E-state index in [0.717, 1.165) is 29.9 Å². The molecule has 82 valence electrons. The molecule has 16 heavy (non-hydrogen) atoms. The molecule has 0 unspecified atom stereocenters. The van der Waals surface area contributed by atoms with E-state index in [0.29, 0.717) is 0 Å². The third-order valence-corrected chi connectivity index (χ3v) is 3.18. The predicted octanol–water partition coefficient (Wildman–Crippen LogP) is 2.54. The first-order valence-electron chi connectivity index (χ1n) is 5.50. The lowest BCUT2D eigenvalue weighted by Gasteiger charge is -2.10. The number of nitrogens with one attached hydrogen (secondary N) is 1. The summed E-state index contributed by atoms with van der Waals surface area (Å²) in [6.07, 6.45) is 0.993. The van der Waals surface area contributed by atoms with Crippen LogP contribution in [0.25, 0.3) is 10.9 Å². The highest BCUT2D eigenvalue weighted by atomic mass is 16.5. The molecule has 0 amide bonds. The SMILES string of the molecule is COc1cccc2[nH]c3c(c12)CCN=C3C. The molecule has 3 nitrogen and oxygen atoms in total. The highest BCUT2D eigenvalue weighted by molar-refractivity contribution is 6.06. The Labute approximate surface area is 94.1 Å². The van der Waals surface area contributed by atoms with Gasteiger partial charge in [-0.25, -0.2) is 0 Å². The molecule has 1 aliphatic heterocycles. The van der Waals surface area contributed by atoms with Crippen LogP contribution in [0.4, 0.5) is 0 Å². The van der Waals surface area contributed by atoms with Crippen molar-refractivity contribution in [2.75, 3.05) is 13.7 Å². The van der Waals surface area contributed by atoms with Crippen molar-refractivity contribution < 1.29 is 4.74 Å². The summed E-state index contributed by atoms with van der Waals surface area (Å²) in [4.78, 5) is 7.90. The zero-order chi connectivity index (χ0) is 11.1. The monoisotopic (exact) mass is 214 g/mol. The number of hydrogen-bond acceptors (Lipinski definition) is 2. The van der Waals surface area contributed by atoms with Gasteiger partial charge in [-0.3, -0.25) is 4.99 Å². The third kappa shape index (κ3) is 1.18. The van der Waals surface area contributed by atoms with Gasteiger partial charge in [-0.2, -0.15) is 0 Å². The molecule has 0 fully saturated rings. The van der Waals surface area contributed by atoms with Crippen LogP contribution in [0.3, 0.4) is 0 Å². The van der Waals surface area contributed by atoms with Crippen molar-refractivity contribution in [3.63, 3.8) is 0 Å². The van der Waals surface area contributed by atoms with Crippen LogP contribution in [0, 0.1) is 0 Å². The van der Waals surface area contributed by atoms with Gasteiger partial charge in [0.15, 0.2) is 0 Å². The molecule has 3 heteroatoms. The second kappa shape index (κ2) is 3.37. The lowest BCUT2D eigenvalue weighted by Crippen LogP contribution is -2.08. The lowest BCUT2D eigenvalue weighted by molar-refractivity contribution is 0.419. The van der Waals surface area contributed by atoms with E-state index < -0.39 is 0 Å². The van der Waals surface area contributed by atoms with Gasteiger partial charge < -0.3 is 9.72 Å². The quantitative estimate of drug-likeness (QED) is 0.778. The van der Waals surface area contributed by atoms with Crippen LogP contribution >= 0.6 is 0 Å². The number of methoxy groups -OCH3 is 1. The number of ether oxygens (including phenoxy) is 1. The van der Waals surface area contributed by atoms with Crippen molar-refractivity contribution in [2.24, 2.45) is 4.99 Å². The maximum absolute atomic E-state index is 5.43. The molecule has 2 heterocycles. The summed E-state index contributed by atoms with van der Waals surface area (Å²) in [5.74, 6) is 0.949. The number of rotatable bonds is 1. The van der Waals surface area contributed by atoms with Gasteiger partial charge in [-0.05, 0) is 31.0 Å². The minimum atomic E-state index is 0.879. The van der Waals surface area contributed by atoms with E-state index in [-0.39, 0.29) is 0 Å². The van der Waals surface area contributed by atoms with E-state index in [4.69, 9.17) is 4.74 Å². The molecule has 0 saturated carbocycles. The van der Waals surface area contributed by atoms with Crippen LogP contribution < -0.4 is 4.74 Å². The van der Waals surface area contributed by atoms with Crippen molar-refractivity contribution >= 4 is 16.6 Å². The normalized spacial score (nSPS) is 14.8. The Bertz CT molecular complexity index is 581. The van der Waals surface area contributed by atoms with E-state index >= 15 is 0 Å². The number of hydrogen-bond donors (Lipinski definition) is 1. The highest BCUT2D eigenvalue weighted by Crippen LogP contribution is 2.33. The maximum Gasteiger partial charge on any atom is 0.128 e. The first-order chi connectivity index (χ1) is 7.81. The average molecular weight is 214 g/mol. The Balaban J connectivity index is 2.38. The van der Waals surface area contributed by atoms with Gasteiger partial charge in [0.2, 0.25) is 0 Å². The fourth-order valence-corrected chi connectivity index (χ4v) is 2.43. The Morgan fingerprint density at radius 1 is 1.38 bits per heavy atom. The molecule has 0 spiro atoms. The zero-order valence-corrected chi connectivity index (χ0v) is 9.50. The first kappa shape index (κ1) is 9.46. The number of H-pyrrole nitrogens is 1. The Hall–Kier alpha value is -1.77. The molecule has 3 rings (SSSR count). The van der Waals surface area contributed by atoms with Crippen LogP contribution in [0.1, 0.15) is 18.2 Å². The van der Waals surface area contributed by atoms with Crippen LogP contribution in [0.2, 0.25) is 0 Å². The Morgan fingerprint density at radius 3 is 3.06 bits per heavy atom. The lowest BCUT2D eigenvalue weighted by atomic mass is 10.0. The second-order valence-electron chi connectivity index (χ2n) is 4.08. The molecule has 0 saturated heterocycles. The molecular weight excluding hydrogens is 200 g/mol. The van der Waals surface area contributed by atoms with Crippen LogP contribution in [-0.4, -0.2) is 24.4 Å². The van der Waals surface area contributed by atoms with Crippen molar-refractivity contribution in [1.29, 1.82) is 0 Å². The van der Waals surface area contributed by atoms with E-state index in [1.807, 2.05) is 12.1 Å². The molecule has 1 aliphatic rings. The molecular formula is C13H14N2O. The second-order valence-corrected chi connectivity index (χ2v) is 4.08. The largest absolute Gasteiger partial charge is 0.496 e. The smallest absolute Gasteiger partial charge is 0.128 e. The van der Waals surface area contributed by atoms with Gasteiger partial charge in [0.05, 0.1) is 18.5 Å². The summed E-state index contributed by atoms with van der Waals surface area (Å²) in [6.45, 7) is 2.93.